The van der Waals surface area contributed by atoms with E-state index in [0.717, 1.165) is 61.3 Å². The molecule has 6 nitrogen and oxygen atoms in total. The van der Waals surface area contributed by atoms with Crippen LogP contribution in [-0.4, -0.2) is 24.1 Å². The molecule has 0 aliphatic rings. The Morgan fingerprint density at radius 2 is 0.917 bits per heavy atom. The smallest absolute Gasteiger partial charge is 0.164 e. The summed E-state index contributed by atoms with van der Waals surface area (Å²) in [4.78, 5) is 15.5. The Morgan fingerprint density at radius 3 is 1.52 bits per heavy atom. The lowest BCUT2D eigenvalue weighted by molar-refractivity contribution is 1.07. The van der Waals surface area contributed by atoms with Gasteiger partial charge in [-0.25, -0.2) is 15.0 Å². The highest BCUT2D eigenvalue weighted by Gasteiger charge is 2.23. The molecule has 0 aliphatic carbocycles. The van der Waals surface area contributed by atoms with E-state index < -0.39 is 0 Å². The Hall–Kier alpha value is -8.14. The molecule has 0 saturated carbocycles. The van der Waals surface area contributed by atoms with Gasteiger partial charge >= 0.3 is 0 Å². The Balaban J connectivity index is 1.26. The number of fused-ring (bicyclic) bond motifs is 6. The van der Waals surface area contributed by atoms with Crippen molar-refractivity contribution in [1.82, 2.24) is 24.1 Å². The van der Waals surface area contributed by atoms with Crippen molar-refractivity contribution in [2.75, 3.05) is 0 Å². The summed E-state index contributed by atoms with van der Waals surface area (Å²) in [6.07, 6.45) is 0. The second kappa shape index (κ2) is 14.1. The van der Waals surface area contributed by atoms with Crippen LogP contribution in [0.2, 0.25) is 0 Å². The van der Waals surface area contributed by atoms with Crippen LogP contribution in [0, 0.1) is 25.2 Å². The van der Waals surface area contributed by atoms with Crippen LogP contribution < -0.4 is 0 Å². The molecule has 3 aromatic heterocycles. The van der Waals surface area contributed by atoms with Crippen molar-refractivity contribution in [3.8, 4) is 62.7 Å². The molecule has 0 bridgehead atoms. The molecule has 11 aromatic rings. The van der Waals surface area contributed by atoms with Crippen LogP contribution in [0.1, 0.15) is 16.7 Å². The third kappa shape index (κ3) is 5.75. The first-order valence-electron chi connectivity index (χ1n) is 20.1. The van der Waals surface area contributed by atoms with Crippen molar-refractivity contribution < 1.29 is 0 Å². The molecule has 0 spiro atoms. The number of nitrogens with zero attached hydrogens (tertiary/aromatic N) is 6. The maximum Gasteiger partial charge on any atom is 0.164 e. The number of aromatic nitrogens is 5. The topological polar surface area (TPSA) is 72.3 Å². The summed E-state index contributed by atoms with van der Waals surface area (Å²) in [7, 11) is 0. The monoisotopic (exact) mass is 768 g/mol. The van der Waals surface area contributed by atoms with Gasteiger partial charge in [-0.3, -0.25) is 0 Å². The number of hydrogen-bond donors (Lipinski definition) is 0. The van der Waals surface area contributed by atoms with Crippen LogP contribution >= 0.6 is 0 Å². The van der Waals surface area contributed by atoms with Crippen molar-refractivity contribution >= 4 is 43.6 Å². The highest BCUT2D eigenvalue weighted by molar-refractivity contribution is 6.11. The first kappa shape index (κ1) is 35.1. The van der Waals surface area contributed by atoms with Crippen LogP contribution in [0.5, 0.6) is 0 Å². The SMILES string of the molecule is Cc1ccc2c(c1)c1ccccc1n2-c1ccc(-c2nc(-c3ccccc3)nc(-c3ccccc3)n2)c(-c2cc(C#N)ccc2-n2c3ccccc3c3cc(C)ccc32)c1. The van der Waals surface area contributed by atoms with E-state index >= 15 is 0 Å². The van der Waals surface area contributed by atoms with E-state index in [1.54, 1.807) is 0 Å². The predicted octanol–water partition coefficient (Wildman–Crippen LogP) is 13.2. The van der Waals surface area contributed by atoms with Gasteiger partial charge in [0.15, 0.2) is 17.5 Å². The van der Waals surface area contributed by atoms with Crippen LogP contribution in [0.25, 0.3) is 100 Å². The molecule has 0 radical (unpaired) electrons. The van der Waals surface area contributed by atoms with E-state index in [-0.39, 0.29) is 0 Å². The minimum atomic E-state index is 0.535. The molecule has 0 aliphatic heterocycles. The molecular weight excluding hydrogens is 733 g/mol. The van der Waals surface area contributed by atoms with E-state index in [1.807, 2.05) is 72.8 Å². The van der Waals surface area contributed by atoms with E-state index in [0.29, 0.717) is 23.0 Å². The molecule has 0 saturated heterocycles. The number of rotatable bonds is 6. The number of hydrogen-bond acceptors (Lipinski definition) is 4. The van der Waals surface area contributed by atoms with Gasteiger partial charge in [0.1, 0.15) is 0 Å². The lowest BCUT2D eigenvalue weighted by Gasteiger charge is -2.19. The molecule has 0 amide bonds. The van der Waals surface area contributed by atoms with Gasteiger partial charge in [0, 0.05) is 49.5 Å². The molecule has 11 rings (SSSR count). The average molecular weight is 769 g/mol. The summed E-state index contributed by atoms with van der Waals surface area (Å²) in [6.45, 7) is 4.27. The summed E-state index contributed by atoms with van der Waals surface area (Å²) in [5.74, 6) is 1.69. The van der Waals surface area contributed by atoms with Gasteiger partial charge in [-0.2, -0.15) is 5.26 Å². The zero-order valence-electron chi connectivity index (χ0n) is 33.0. The van der Waals surface area contributed by atoms with Gasteiger partial charge in [0.2, 0.25) is 0 Å². The standard InChI is InChI=1S/C54H36N6/c1-34-21-26-49-44(29-34)40-17-9-11-19-47(40)59(49)39-24-25-42(54-57-52(37-13-5-3-6-14-37)56-53(58-54)38-15-7-4-8-16-38)43(32-39)46-31-36(33-55)23-28-51(46)60-48-20-12-10-18-41(48)45-30-35(2)22-27-50(45)60/h3-32H,1-2H3. The average Bonchev–Trinajstić information content (AvgIpc) is 3.81. The van der Waals surface area contributed by atoms with Gasteiger partial charge < -0.3 is 9.13 Å². The third-order valence-electron chi connectivity index (χ3n) is 11.5. The van der Waals surface area contributed by atoms with E-state index in [4.69, 9.17) is 15.0 Å². The zero-order valence-corrected chi connectivity index (χ0v) is 33.0. The van der Waals surface area contributed by atoms with Crippen LogP contribution in [0.4, 0.5) is 0 Å². The van der Waals surface area contributed by atoms with Gasteiger partial charge in [0.05, 0.1) is 39.4 Å². The fourth-order valence-electron chi connectivity index (χ4n) is 8.75. The molecular formula is C54H36N6. The minimum Gasteiger partial charge on any atom is -0.309 e. The highest BCUT2D eigenvalue weighted by atomic mass is 15.0. The minimum absolute atomic E-state index is 0.535. The Morgan fingerprint density at radius 1 is 0.400 bits per heavy atom. The summed E-state index contributed by atoms with van der Waals surface area (Å²) in [5.41, 5.74) is 13.7. The number of para-hydroxylation sites is 2. The van der Waals surface area contributed by atoms with Crippen LogP contribution in [0.3, 0.4) is 0 Å². The van der Waals surface area contributed by atoms with Gasteiger partial charge in [-0.1, -0.05) is 120 Å². The fourth-order valence-corrected chi connectivity index (χ4v) is 8.75. The second-order valence-electron chi connectivity index (χ2n) is 15.4. The first-order chi connectivity index (χ1) is 29.5. The van der Waals surface area contributed by atoms with Crippen LogP contribution in [0.15, 0.2) is 182 Å². The summed E-state index contributed by atoms with van der Waals surface area (Å²) < 4.78 is 4.67. The van der Waals surface area contributed by atoms with E-state index in [2.05, 4.69) is 138 Å². The second-order valence-corrected chi connectivity index (χ2v) is 15.4. The largest absolute Gasteiger partial charge is 0.309 e. The Bertz CT molecular complexity index is 3460. The third-order valence-corrected chi connectivity index (χ3v) is 11.5. The molecule has 0 unspecified atom stereocenters. The normalized spacial score (nSPS) is 11.5. The van der Waals surface area contributed by atoms with Gasteiger partial charge in [0.25, 0.3) is 0 Å². The number of nitriles is 1. The van der Waals surface area contributed by atoms with Crippen molar-refractivity contribution in [2.24, 2.45) is 0 Å². The number of benzene rings is 8. The van der Waals surface area contributed by atoms with Crippen LogP contribution in [-0.2, 0) is 0 Å². The zero-order chi connectivity index (χ0) is 40.3. The quantitative estimate of drug-likeness (QED) is 0.169. The lowest BCUT2D eigenvalue weighted by Crippen LogP contribution is -2.04. The fraction of sp³-hybridized carbons (Fsp3) is 0.0370. The molecule has 0 fully saturated rings. The Kier molecular flexibility index (Phi) is 8.21. The van der Waals surface area contributed by atoms with Gasteiger partial charge in [-0.05, 0) is 92.2 Å². The highest BCUT2D eigenvalue weighted by Crippen LogP contribution is 2.42. The van der Waals surface area contributed by atoms with Crippen molar-refractivity contribution in [2.45, 2.75) is 13.8 Å². The molecule has 3 heterocycles. The predicted molar refractivity (Wildman–Crippen MR) is 244 cm³/mol. The van der Waals surface area contributed by atoms with Crippen molar-refractivity contribution in [3.05, 3.63) is 199 Å². The molecule has 0 N–H and O–H groups in total. The molecule has 60 heavy (non-hydrogen) atoms. The van der Waals surface area contributed by atoms with Crippen molar-refractivity contribution in [3.63, 3.8) is 0 Å². The summed E-state index contributed by atoms with van der Waals surface area (Å²) in [6, 6.07) is 65.5. The summed E-state index contributed by atoms with van der Waals surface area (Å²) in [5, 5.41) is 15.2. The van der Waals surface area contributed by atoms with Gasteiger partial charge in [-0.15, -0.1) is 0 Å². The molecule has 0 atom stereocenters. The van der Waals surface area contributed by atoms with Crippen molar-refractivity contribution in [1.29, 1.82) is 5.26 Å². The Labute approximate surface area is 346 Å². The maximum atomic E-state index is 10.5. The first-order valence-corrected chi connectivity index (χ1v) is 20.1. The molecule has 8 aromatic carbocycles. The van der Waals surface area contributed by atoms with E-state index in [1.165, 1.54) is 32.7 Å². The summed E-state index contributed by atoms with van der Waals surface area (Å²) >= 11 is 0. The number of aryl methyl sites for hydroxylation is 2. The van der Waals surface area contributed by atoms with E-state index in [9.17, 15) is 5.26 Å². The lowest BCUT2D eigenvalue weighted by atomic mass is 9.94. The molecule has 6 heteroatoms. The molecule has 282 valence electrons. The maximum absolute atomic E-state index is 10.5.